The average Bonchev–Trinajstić information content (AvgIpc) is 2.47. The van der Waals surface area contributed by atoms with Crippen LogP contribution in [0.15, 0.2) is 48.5 Å². The maximum absolute atomic E-state index is 12.9. The monoisotopic (exact) mass is 270 g/mol. The lowest BCUT2D eigenvalue weighted by atomic mass is 10.00. The first kappa shape index (κ1) is 12.7. The highest BCUT2D eigenvalue weighted by molar-refractivity contribution is 5.87. The summed E-state index contributed by atoms with van der Waals surface area (Å²) in [4.78, 5) is 0. The van der Waals surface area contributed by atoms with Gasteiger partial charge < -0.3 is 0 Å². The second-order valence-corrected chi connectivity index (χ2v) is 4.46. The van der Waals surface area contributed by atoms with E-state index in [1.165, 1.54) is 24.3 Å². The summed E-state index contributed by atoms with van der Waals surface area (Å²) in [7, 11) is 0. The van der Waals surface area contributed by atoms with Crippen LogP contribution >= 0.6 is 0 Å². The Balaban J connectivity index is 2.11. The molecular weight excluding hydrogens is 261 g/mol. The molecule has 0 saturated carbocycles. The Hall–Kier alpha value is -2.29. The Morgan fingerprint density at radius 2 is 1.55 bits per heavy atom. The quantitative estimate of drug-likeness (QED) is 0.601. The van der Waals surface area contributed by atoms with Crippen LogP contribution in [-0.4, -0.2) is 0 Å². The minimum absolute atomic E-state index is 0.0123. The normalized spacial score (nSPS) is 11.2. The molecule has 3 aromatic carbocycles. The Labute approximate surface area is 114 Å². The average molecular weight is 270 g/mol. The number of hydrogen-bond acceptors (Lipinski definition) is 0. The lowest BCUT2D eigenvalue weighted by molar-refractivity contribution is 0.151. The molecule has 0 aliphatic heterocycles. The Morgan fingerprint density at radius 1 is 0.850 bits per heavy atom. The molecule has 2 radical (unpaired) electrons. The Bertz CT molecular complexity index is 746. The van der Waals surface area contributed by atoms with Crippen molar-refractivity contribution in [3.63, 3.8) is 0 Å². The highest BCUT2D eigenvalue weighted by Crippen LogP contribution is 2.27. The molecule has 0 spiro atoms. The molecule has 0 amide bonds. The molecule has 0 nitrogen and oxygen atoms in total. The van der Waals surface area contributed by atoms with Crippen molar-refractivity contribution in [2.24, 2.45) is 0 Å². The van der Waals surface area contributed by atoms with Gasteiger partial charge >= 0.3 is 0 Å². The van der Waals surface area contributed by atoms with E-state index in [1.54, 1.807) is 12.1 Å². The lowest BCUT2D eigenvalue weighted by Gasteiger charge is -2.06. The third kappa shape index (κ3) is 2.39. The molecule has 0 bridgehead atoms. The van der Waals surface area contributed by atoms with Crippen molar-refractivity contribution in [1.82, 2.24) is 0 Å². The minimum Gasteiger partial charge on any atom is -0.207 e. The molecule has 3 aromatic rings. The van der Waals surface area contributed by atoms with E-state index < -0.39 is 12.2 Å². The van der Waals surface area contributed by atoms with Gasteiger partial charge in [0.15, 0.2) is 0 Å². The summed E-state index contributed by atoms with van der Waals surface area (Å²) in [5.41, 5.74) is 1.36. The van der Waals surface area contributed by atoms with Gasteiger partial charge in [-0.1, -0.05) is 24.3 Å². The molecule has 98 valence electrons. The van der Waals surface area contributed by atoms with Crippen molar-refractivity contribution in [1.29, 1.82) is 0 Å². The van der Waals surface area contributed by atoms with Crippen molar-refractivity contribution in [2.75, 3.05) is 0 Å². The first-order valence-corrected chi connectivity index (χ1v) is 6.04. The zero-order chi connectivity index (χ0) is 14.1. The summed E-state index contributed by atoms with van der Waals surface area (Å²) in [6.45, 7) is 0. The van der Waals surface area contributed by atoms with Gasteiger partial charge in [0.25, 0.3) is 6.43 Å². The van der Waals surface area contributed by atoms with E-state index in [0.29, 0.717) is 10.9 Å². The highest BCUT2D eigenvalue weighted by Gasteiger charge is 2.08. The number of alkyl halides is 2. The molecule has 0 fully saturated rings. The lowest BCUT2D eigenvalue weighted by Crippen LogP contribution is -1.85. The fourth-order valence-corrected chi connectivity index (χ4v) is 2.09. The maximum Gasteiger partial charge on any atom is 0.263 e. The molecule has 0 N–H and O–H groups in total. The van der Waals surface area contributed by atoms with Gasteiger partial charge in [-0.05, 0) is 58.3 Å². The molecule has 0 aromatic heterocycles. The molecular formula is C17H9F3. The van der Waals surface area contributed by atoms with Crippen LogP contribution < -0.4 is 0 Å². The smallest absolute Gasteiger partial charge is 0.207 e. The van der Waals surface area contributed by atoms with Gasteiger partial charge in [-0.25, -0.2) is 13.2 Å². The van der Waals surface area contributed by atoms with E-state index in [1.807, 2.05) is 12.1 Å². The zero-order valence-electron chi connectivity index (χ0n) is 10.3. The van der Waals surface area contributed by atoms with Crippen LogP contribution in [0.3, 0.4) is 0 Å². The molecule has 0 atom stereocenters. The Kier molecular flexibility index (Phi) is 3.18. The SMILES string of the molecule is Fc1c[c]c(-c2ccc3ccc(C(F)F)cc3c2)[c]c1. The summed E-state index contributed by atoms with van der Waals surface area (Å²) < 4.78 is 38.3. The van der Waals surface area contributed by atoms with Gasteiger partial charge in [-0.2, -0.15) is 0 Å². The van der Waals surface area contributed by atoms with Crippen LogP contribution in [0, 0.1) is 17.9 Å². The molecule has 0 heterocycles. The van der Waals surface area contributed by atoms with Crippen molar-refractivity contribution in [3.05, 3.63) is 72.0 Å². The van der Waals surface area contributed by atoms with Gasteiger partial charge in [0, 0.05) is 5.56 Å². The van der Waals surface area contributed by atoms with E-state index in [0.717, 1.165) is 10.9 Å². The van der Waals surface area contributed by atoms with Crippen LogP contribution in [0.25, 0.3) is 21.9 Å². The van der Waals surface area contributed by atoms with Crippen molar-refractivity contribution >= 4 is 10.8 Å². The van der Waals surface area contributed by atoms with Gasteiger partial charge in [0.05, 0.1) is 0 Å². The minimum atomic E-state index is -2.49. The topological polar surface area (TPSA) is 0 Å². The standard InChI is InChI=1S/C17H9F3/c18-16-7-5-11(6-8-16)13-3-1-12-2-4-14(17(19)20)10-15(12)9-13/h1-4,7-10,17H. The maximum atomic E-state index is 12.9. The summed E-state index contributed by atoms with van der Waals surface area (Å²) in [5, 5.41) is 1.59. The zero-order valence-corrected chi connectivity index (χ0v) is 10.3. The van der Waals surface area contributed by atoms with Crippen LogP contribution in [-0.2, 0) is 0 Å². The number of halogens is 3. The molecule has 3 heteroatoms. The van der Waals surface area contributed by atoms with E-state index in [9.17, 15) is 13.2 Å². The van der Waals surface area contributed by atoms with Crippen molar-refractivity contribution in [2.45, 2.75) is 6.43 Å². The molecule has 0 aliphatic carbocycles. The van der Waals surface area contributed by atoms with Crippen LogP contribution in [0.2, 0.25) is 0 Å². The van der Waals surface area contributed by atoms with E-state index in [4.69, 9.17) is 0 Å². The predicted molar refractivity (Wildman–Crippen MR) is 72.0 cm³/mol. The molecule has 3 rings (SSSR count). The first-order valence-electron chi connectivity index (χ1n) is 6.04. The van der Waals surface area contributed by atoms with Gasteiger partial charge in [0.1, 0.15) is 5.82 Å². The second kappa shape index (κ2) is 5.00. The van der Waals surface area contributed by atoms with Crippen molar-refractivity contribution < 1.29 is 13.2 Å². The second-order valence-electron chi connectivity index (χ2n) is 4.46. The number of benzene rings is 3. The van der Waals surface area contributed by atoms with E-state index in [2.05, 4.69) is 12.1 Å². The summed E-state index contributed by atoms with van der Waals surface area (Å²) in [5.74, 6) is -0.408. The molecule has 0 saturated heterocycles. The summed E-state index contributed by atoms with van der Waals surface area (Å²) >= 11 is 0. The fraction of sp³-hybridized carbons (Fsp3) is 0.0588. The number of hydrogen-bond donors (Lipinski definition) is 0. The van der Waals surface area contributed by atoms with E-state index in [-0.39, 0.29) is 5.56 Å². The number of rotatable bonds is 2. The van der Waals surface area contributed by atoms with Gasteiger partial charge in [0.2, 0.25) is 0 Å². The van der Waals surface area contributed by atoms with E-state index >= 15 is 0 Å². The predicted octanol–water partition coefficient (Wildman–Crippen LogP) is 5.18. The van der Waals surface area contributed by atoms with Crippen molar-refractivity contribution in [3.8, 4) is 11.1 Å². The van der Waals surface area contributed by atoms with Gasteiger partial charge in [-0.3, -0.25) is 0 Å². The molecule has 20 heavy (non-hydrogen) atoms. The first-order chi connectivity index (χ1) is 9.63. The highest BCUT2D eigenvalue weighted by atomic mass is 19.3. The van der Waals surface area contributed by atoms with Crippen LogP contribution in [0.4, 0.5) is 13.2 Å². The summed E-state index contributed by atoms with van der Waals surface area (Å²) in [6, 6.07) is 18.0. The van der Waals surface area contributed by atoms with Crippen LogP contribution in [0.5, 0.6) is 0 Å². The third-order valence-corrected chi connectivity index (χ3v) is 3.11. The van der Waals surface area contributed by atoms with Gasteiger partial charge in [-0.15, -0.1) is 0 Å². The number of fused-ring (bicyclic) bond motifs is 1. The summed E-state index contributed by atoms with van der Waals surface area (Å²) in [6.07, 6.45) is -2.49. The Morgan fingerprint density at radius 3 is 2.25 bits per heavy atom. The van der Waals surface area contributed by atoms with Crippen LogP contribution in [0.1, 0.15) is 12.0 Å². The third-order valence-electron chi connectivity index (χ3n) is 3.11. The fourth-order valence-electron chi connectivity index (χ4n) is 2.09. The molecule has 0 unspecified atom stereocenters. The largest absolute Gasteiger partial charge is 0.263 e. The molecule has 0 aliphatic rings.